The monoisotopic (exact) mass is 359 g/mol. The van der Waals surface area contributed by atoms with Gasteiger partial charge in [-0.1, -0.05) is 0 Å². The lowest BCUT2D eigenvalue weighted by atomic mass is 10.1. The molecule has 0 unspecified atom stereocenters. The molecule has 0 atom stereocenters. The maximum Gasteiger partial charge on any atom is 0.424 e. The Kier molecular flexibility index (Phi) is 3.76. The summed E-state index contributed by atoms with van der Waals surface area (Å²) >= 11 is 3.06. The Morgan fingerprint density at radius 2 is 2.10 bits per heavy atom. The van der Waals surface area contributed by atoms with E-state index in [1.807, 2.05) is 0 Å². The van der Waals surface area contributed by atoms with Gasteiger partial charge in [0.2, 0.25) is 0 Å². The van der Waals surface area contributed by atoms with Crippen LogP contribution in [-0.2, 0) is 11.8 Å². The summed E-state index contributed by atoms with van der Waals surface area (Å²) in [4.78, 5) is 42.7. The van der Waals surface area contributed by atoms with Gasteiger partial charge in [-0.3, -0.25) is 9.36 Å². The third-order valence-corrected chi connectivity index (χ3v) is 2.99. The number of hydrogen-bond acceptors (Lipinski definition) is 6. The molecule has 0 radical (unpaired) electrons. The predicted molar refractivity (Wildman–Crippen MR) is 78.3 cm³/mol. The number of carbonyl (C=O) groups is 1. The number of ether oxygens (including phenoxy) is 1. The van der Waals surface area contributed by atoms with Gasteiger partial charge in [-0.2, -0.15) is 4.57 Å². The largest absolute Gasteiger partial charge is 0.447 e. The molecule has 0 saturated heterocycles. The van der Waals surface area contributed by atoms with E-state index in [0.29, 0.717) is 4.57 Å². The molecule has 2 aromatic rings. The van der Waals surface area contributed by atoms with Gasteiger partial charge in [0, 0.05) is 12.6 Å². The smallest absolute Gasteiger partial charge is 0.424 e. The van der Waals surface area contributed by atoms with Crippen LogP contribution in [0.2, 0.25) is 0 Å². The van der Waals surface area contributed by atoms with Crippen LogP contribution < -0.4 is 17.0 Å². The van der Waals surface area contributed by atoms with Crippen molar-refractivity contribution in [3.8, 4) is 0 Å². The van der Waals surface area contributed by atoms with E-state index >= 15 is 0 Å². The normalized spacial score (nSPS) is 11.9. The van der Waals surface area contributed by atoms with Crippen molar-refractivity contribution >= 4 is 33.2 Å². The van der Waals surface area contributed by atoms with Crippen LogP contribution in [0, 0.1) is 0 Å². The highest BCUT2D eigenvalue weighted by molar-refractivity contribution is 9.10. The first-order valence-corrected chi connectivity index (χ1v) is 6.74. The standard InChI is InChI=1S/C11H14BrN5O4/c1-11(2,13)4-21-10(20)17-6-5(14-8(12)15-6)7(18)16(3)9(17)19/h4,13H2,1-3H3,(H,14,15). The van der Waals surface area contributed by atoms with E-state index in [4.69, 9.17) is 10.5 Å². The van der Waals surface area contributed by atoms with Gasteiger partial charge in [0.25, 0.3) is 5.56 Å². The Labute approximate surface area is 126 Å². The molecule has 0 fully saturated rings. The first-order chi connectivity index (χ1) is 9.61. The summed E-state index contributed by atoms with van der Waals surface area (Å²) < 4.78 is 6.70. The molecule has 3 N–H and O–H groups in total. The summed E-state index contributed by atoms with van der Waals surface area (Å²) in [5.41, 5.74) is 3.47. The van der Waals surface area contributed by atoms with E-state index in [1.54, 1.807) is 13.8 Å². The third-order valence-electron chi connectivity index (χ3n) is 2.61. The number of imidazole rings is 1. The van der Waals surface area contributed by atoms with Crippen LogP contribution in [0.4, 0.5) is 4.79 Å². The second kappa shape index (κ2) is 5.11. The predicted octanol–water partition coefficient (Wildman–Crippen LogP) is -0.0922. The van der Waals surface area contributed by atoms with Crippen LogP contribution in [0.25, 0.3) is 11.2 Å². The van der Waals surface area contributed by atoms with E-state index in [2.05, 4.69) is 25.9 Å². The molecule has 0 aromatic carbocycles. The van der Waals surface area contributed by atoms with Crippen molar-refractivity contribution in [2.45, 2.75) is 19.4 Å². The highest BCUT2D eigenvalue weighted by Gasteiger charge is 2.22. The molecule has 0 aliphatic heterocycles. The van der Waals surface area contributed by atoms with Crippen molar-refractivity contribution in [1.82, 2.24) is 19.1 Å². The quantitative estimate of drug-likeness (QED) is 0.721. The second-order valence-corrected chi connectivity index (χ2v) is 6.00. The van der Waals surface area contributed by atoms with Crippen LogP contribution in [0.1, 0.15) is 13.8 Å². The van der Waals surface area contributed by atoms with Gasteiger partial charge >= 0.3 is 11.8 Å². The summed E-state index contributed by atoms with van der Waals surface area (Å²) in [7, 11) is 1.26. The summed E-state index contributed by atoms with van der Waals surface area (Å²) in [5, 5.41) is 0. The number of nitrogens with one attached hydrogen (secondary N) is 1. The fourth-order valence-electron chi connectivity index (χ4n) is 1.62. The Morgan fingerprint density at radius 3 is 2.67 bits per heavy atom. The first kappa shape index (κ1) is 15.4. The van der Waals surface area contributed by atoms with Crippen LogP contribution in [0.15, 0.2) is 14.3 Å². The second-order valence-electron chi connectivity index (χ2n) is 5.25. The summed E-state index contributed by atoms with van der Waals surface area (Å²) in [6.07, 6.45) is -0.946. The number of halogens is 1. The maximum atomic E-state index is 12.1. The summed E-state index contributed by atoms with van der Waals surface area (Å²) in [6, 6.07) is 0. The fourth-order valence-corrected chi connectivity index (χ4v) is 1.99. The van der Waals surface area contributed by atoms with Crippen molar-refractivity contribution in [2.24, 2.45) is 12.8 Å². The number of nitrogens with two attached hydrogens (primary N) is 1. The Morgan fingerprint density at radius 1 is 1.48 bits per heavy atom. The zero-order chi connectivity index (χ0) is 15.9. The van der Waals surface area contributed by atoms with Gasteiger partial charge in [0.15, 0.2) is 15.9 Å². The SMILES string of the molecule is Cn1c(=O)c2[nH]c(Br)nc2n(C(=O)OCC(C)(C)N)c1=O. The molecule has 10 heteroatoms. The van der Waals surface area contributed by atoms with Crippen molar-refractivity contribution in [3.05, 3.63) is 25.6 Å². The Bertz CT molecular complexity index is 826. The van der Waals surface area contributed by atoms with Gasteiger partial charge in [-0.25, -0.2) is 14.6 Å². The molecule has 9 nitrogen and oxygen atoms in total. The molecule has 0 amide bonds. The molecule has 0 saturated carbocycles. The topological polar surface area (TPSA) is 125 Å². The minimum Gasteiger partial charge on any atom is -0.447 e. The lowest BCUT2D eigenvalue weighted by Gasteiger charge is -2.18. The van der Waals surface area contributed by atoms with Crippen molar-refractivity contribution in [2.75, 3.05) is 6.61 Å². The van der Waals surface area contributed by atoms with Crippen LogP contribution in [0.3, 0.4) is 0 Å². The summed E-state index contributed by atoms with van der Waals surface area (Å²) in [6.45, 7) is 3.25. The van der Waals surface area contributed by atoms with Crippen molar-refractivity contribution < 1.29 is 9.53 Å². The molecule has 114 valence electrons. The van der Waals surface area contributed by atoms with Crippen LogP contribution >= 0.6 is 15.9 Å². The lowest BCUT2D eigenvalue weighted by molar-refractivity contribution is 0.125. The molecule has 0 bridgehead atoms. The zero-order valence-corrected chi connectivity index (χ0v) is 13.2. The van der Waals surface area contributed by atoms with E-state index in [1.165, 1.54) is 7.05 Å². The summed E-state index contributed by atoms with van der Waals surface area (Å²) in [5.74, 6) is 0. The number of H-pyrrole nitrogens is 1. The number of hydrogen-bond donors (Lipinski definition) is 2. The van der Waals surface area contributed by atoms with Gasteiger partial charge in [-0.05, 0) is 29.8 Å². The average Bonchev–Trinajstić information content (AvgIpc) is 2.75. The third kappa shape index (κ3) is 2.90. The van der Waals surface area contributed by atoms with Gasteiger partial charge in [0.1, 0.15) is 6.61 Å². The molecule has 2 rings (SSSR count). The van der Waals surface area contributed by atoms with E-state index < -0.39 is 22.9 Å². The van der Waals surface area contributed by atoms with E-state index in [-0.39, 0.29) is 22.5 Å². The molecule has 21 heavy (non-hydrogen) atoms. The minimum absolute atomic E-state index is 0.0212. The van der Waals surface area contributed by atoms with Crippen LogP contribution in [0.5, 0.6) is 0 Å². The first-order valence-electron chi connectivity index (χ1n) is 5.95. The average molecular weight is 360 g/mol. The number of carbonyl (C=O) groups excluding carboxylic acids is 1. The number of aromatic nitrogens is 4. The number of nitrogens with zero attached hydrogens (tertiary/aromatic N) is 3. The molecule has 0 spiro atoms. The van der Waals surface area contributed by atoms with Crippen LogP contribution in [-0.4, -0.2) is 37.3 Å². The Hall–Kier alpha value is -1.94. The molecule has 2 heterocycles. The van der Waals surface area contributed by atoms with Crippen molar-refractivity contribution in [1.29, 1.82) is 0 Å². The van der Waals surface area contributed by atoms with E-state index in [0.717, 1.165) is 4.57 Å². The number of rotatable bonds is 2. The lowest BCUT2D eigenvalue weighted by Crippen LogP contribution is -2.44. The molecule has 0 aliphatic rings. The molecular formula is C11H14BrN5O4. The fraction of sp³-hybridized carbons (Fsp3) is 0.455. The van der Waals surface area contributed by atoms with E-state index in [9.17, 15) is 14.4 Å². The van der Waals surface area contributed by atoms with Gasteiger partial charge < -0.3 is 15.5 Å². The maximum absolute atomic E-state index is 12.1. The molecular weight excluding hydrogens is 346 g/mol. The minimum atomic E-state index is -0.946. The molecule has 0 aliphatic carbocycles. The Balaban J connectivity index is 2.61. The van der Waals surface area contributed by atoms with Crippen molar-refractivity contribution in [3.63, 3.8) is 0 Å². The van der Waals surface area contributed by atoms with Gasteiger partial charge in [0.05, 0.1) is 0 Å². The highest BCUT2D eigenvalue weighted by atomic mass is 79.9. The highest BCUT2D eigenvalue weighted by Crippen LogP contribution is 2.10. The van der Waals surface area contributed by atoms with Gasteiger partial charge in [-0.15, -0.1) is 0 Å². The molecule has 2 aromatic heterocycles. The number of fused-ring (bicyclic) bond motifs is 1. The zero-order valence-electron chi connectivity index (χ0n) is 11.6. The number of aromatic amines is 1.